The fourth-order valence-corrected chi connectivity index (χ4v) is 6.05. The smallest absolute Gasteiger partial charge is 0.294 e. The standard InChI is InChI=1S/C33H37N9O8S2/c43-32(26-12-14-30(37-20-26)41-39-22-24-8-1-3-10-28(24)51(45,46)47)35-18-6-5-16-34-17-7-19-36-33(44)27-13-15-31(38-21-27)42-40-23-25-9-2-4-11-29(25)52(48,49)50/h1-4,8-15,20-21,34H,5-7,16-19,22-23H2,(H,35,43)(H,36,44)(H,45,46,47)(H,48,49,50). The van der Waals surface area contributed by atoms with Crippen LogP contribution in [0.15, 0.2) is 115 Å². The van der Waals surface area contributed by atoms with Crippen LogP contribution in [0.1, 0.15) is 51.1 Å². The predicted molar refractivity (Wildman–Crippen MR) is 189 cm³/mol. The molecule has 0 unspecified atom stereocenters. The lowest BCUT2D eigenvalue weighted by molar-refractivity contribution is 0.0944. The zero-order chi connectivity index (χ0) is 37.4. The van der Waals surface area contributed by atoms with Gasteiger partial charge in [-0.2, -0.15) is 27.1 Å². The Hall–Kier alpha value is -5.34. The van der Waals surface area contributed by atoms with Gasteiger partial charge >= 0.3 is 0 Å². The first-order chi connectivity index (χ1) is 24.9. The summed E-state index contributed by atoms with van der Waals surface area (Å²) in [5, 5.41) is 24.7. The van der Waals surface area contributed by atoms with Gasteiger partial charge in [0, 0.05) is 25.5 Å². The van der Waals surface area contributed by atoms with E-state index in [0.717, 1.165) is 19.4 Å². The number of benzene rings is 2. The molecule has 17 nitrogen and oxygen atoms in total. The third-order valence-electron chi connectivity index (χ3n) is 7.23. The van der Waals surface area contributed by atoms with Gasteiger partial charge in [-0.1, -0.05) is 36.4 Å². The number of nitrogens with one attached hydrogen (secondary N) is 3. The van der Waals surface area contributed by atoms with Crippen molar-refractivity contribution < 1.29 is 35.5 Å². The third-order valence-corrected chi connectivity index (χ3v) is 9.14. The molecule has 0 fully saturated rings. The second-order valence-corrected chi connectivity index (χ2v) is 13.9. The Bertz CT molecular complexity index is 1940. The van der Waals surface area contributed by atoms with E-state index in [4.69, 9.17) is 0 Å². The number of amides is 2. The summed E-state index contributed by atoms with van der Waals surface area (Å²) in [4.78, 5) is 32.6. The van der Waals surface area contributed by atoms with Gasteiger partial charge in [-0.15, -0.1) is 10.2 Å². The molecule has 2 amide bonds. The Morgan fingerprint density at radius 2 is 1.00 bits per heavy atom. The Balaban J connectivity index is 1.05. The minimum absolute atomic E-state index is 0.0818. The summed E-state index contributed by atoms with van der Waals surface area (Å²) in [6, 6.07) is 18.0. The lowest BCUT2D eigenvalue weighted by Crippen LogP contribution is -2.28. The molecule has 0 aliphatic heterocycles. The molecular weight excluding hydrogens is 715 g/mol. The number of nitrogens with zero attached hydrogens (tertiary/aromatic N) is 6. The summed E-state index contributed by atoms with van der Waals surface area (Å²) >= 11 is 0. The lowest BCUT2D eigenvalue weighted by Gasteiger charge is -2.08. The summed E-state index contributed by atoms with van der Waals surface area (Å²) in [6.45, 7) is 2.19. The summed E-state index contributed by atoms with van der Waals surface area (Å²) in [6.07, 6.45) is 5.02. The molecule has 0 aliphatic rings. The van der Waals surface area contributed by atoms with E-state index in [-0.39, 0.29) is 57.5 Å². The fourth-order valence-electron chi connectivity index (χ4n) is 4.62. The highest BCUT2D eigenvalue weighted by atomic mass is 32.2. The van der Waals surface area contributed by atoms with E-state index in [0.29, 0.717) is 37.2 Å². The molecular formula is C33H37N9O8S2. The van der Waals surface area contributed by atoms with Crippen molar-refractivity contribution in [2.24, 2.45) is 20.5 Å². The van der Waals surface area contributed by atoms with Gasteiger partial charge < -0.3 is 16.0 Å². The number of hydrogen-bond acceptors (Lipinski definition) is 13. The van der Waals surface area contributed by atoms with E-state index in [1.54, 1.807) is 24.3 Å². The van der Waals surface area contributed by atoms with Gasteiger partial charge in [0.05, 0.1) is 34.0 Å². The molecule has 4 aromatic rings. The van der Waals surface area contributed by atoms with E-state index in [2.05, 4.69) is 46.4 Å². The van der Waals surface area contributed by atoms with Crippen LogP contribution in [-0.2, 0) is 33.3 Å². The zero-order valence-electron chi connectivity index (χ0n) is 27.8. The summed E-state index contributed by atoms with van der Waals surface area (Å²) in [5.41, 5.74) is 1.27. The molecule has 0 spiro atoms. The van der Waals surface area contributed by atoms with Crippen molar-refractivity contribution in [1.82, 2.24) is 25.9 Å². The molecule has 274 valence electrons. The summed E-state index contributed by atoms with van der Waals surface area (Å²) < 4.78 is 64.6. The third kappa shape index (κ3) is 12.8. The van der Waals surface area contributed by atoms with Crippen molar-refractivity contribution in [2.45, 2.75) is 42.1 Å². The SMILES string of the molecule is O=C(NCCCCNCCCNC(=O)c1ccc(N=NCc2ccccc2S(=O)(=O)O)nc1)c1ccc(N=NCc2ccccc2S(=O)(=O)O)nc1. The lowest BCUT2D eigenvalue weighted by atomic mass is 10.2. The van der Waals surface area contributed by atoms with E-state index < -0.39 is 20.2 Å². The number of aromatic nitrogens is 2. The zero-order valence-corrected chi connectivity index (χ0v) is 29.4. The number of carbonyl (C=O) groups is 2. The minimum Gasteiger partial charge on any atom is -0.352 e. The normalized spacial score (nSPS) is 12.0. The molecule has 19 heteroatoms. The quantitative estimate of drug-likeness (QED) is 0.0508. The predicted octanol–water partition coefficient (Wildman–Crippen LogP) is 4.46. The first kappa shape index (κ1) is 39.4. The number of rotatable bonds is 19. The highest BCUT2D eigenvalue weighted by Crippen LogP contribution is 2.19. The second-order valence-electron chi connectivity index (χ2n) is 11.1. The number of unbranched alkanes of at least 4 members (excludes halogenated alkanes) is 1. The number of azo groups is 2. The van der Waals surface area contributed by atoms with E-state index in [1.807, 2.05) is 0 Å². The molecule has 4 rings (SSSR count). The minimum atomic E-state index is -4.38. The number of pyridine rings is 2. The van der Waals surface area contributed by atoms with Gasteiger partial charge in [0.2, 0.25) is 0 Å². The monoisotopic (exact) mass is 751 g/mol. The van der Waals surface area contributed by atoms with E-state index in [9.17, 15) is 35.5 Å². The topological polar surface area (TPSA) is 254 Å². The molecule has 52 heavy (non-hydrogen) atoms. The van der Waals surface area contributed by atoms with Crippen molar-refractivity contribution in [3.8, 4) is 0 Å². The molecule has 0 atom stereocenters. The van der Waals surface area contributed by atoms with Crippen LogP contribution in [0, 0.1) is 0 Å². The highest BCUT2D eigenvalue weighted by molar-refractivity contribution is 7.86. The van der Waals surface area contributed by atoms with Gasteiger partial charge in [0.25, 0.3) is 32.1 Å². The Kier molecular flexibility index (Phi) is 14.7. The number of carbonyl (C=O) groups excluding carboxylic acids is 2. The highest BCUT2D eigenvalue weighted by Gasteiger charge is 2.15. The van der Waals surface area contributed by atoms with Crippen LogP contribution in [0.2, 0.25) is 0 Å². The molecule has 5 N–H and O–H groups in total. The van der Waals surface area contributed by atoms with Gasteiger partial charge in [0.1, 0.15) is 0 Å². The Labute approximate surface area is 300 Å². The van der Waals surface area contributed by atoms with Crippen molar-refractivity contribution in [1.29, 1.82) is 0 Å². The van der Waals surface area contributed by atoms with Crippen molar-refractivity contribution >= 4 is 43.7 Å². The summed E-state index contributed by atoms with van der Waals surface area (Å²) in [7, 11) is -8.76. The van der Waals surface area contributed by atoms with Crippen LogP contribution in [0.3, 0.4) is 0 Å². The first-order valence-corrected chi connectivity index (χ1v) is 18.8. The maximum Gasteiger partial charge on any atom is 0.294 e. The van der Waals surface area contributed by atoms with E-state index >= 15 is 0 Å². The average molecular weight is 752 g/mol. The fraction of sp³-hybridized carbons (Fsp3) is 0.273. The van der Waals surface area contributed by atoms with Gasteiger partial charge in [-0.3, -0.25) is 18.7 Å². The molecule has 0 saturated carbocycles. The molecule has 2 heterocycles. The maximum atomic E-state index is 12.4. The molecule has 0 aliphatic carbocycles. The second kappa shape index (κ2) is 19.3. The van der Waals surface area contributed by atoms with Gasteiger partial charge in [0.15, 0.2) is 11.6 Å². The van der Waals surface area contributed by atoms with Crippen LogP contribution in [0.5, 0.6) is 0 Å². The van der Waals surface area contributed by atoms with Crippen molar-refractivity contribution in [3.05, 3.63) is 107 Å². The molecule has 0 radical (unpaired) electrons. The molecule has 0 saturated heterocycles. The van der Waals surface area contributed by atoms with Crippen molar-refractivity contribution in [3.63, 3.8) is 0 Å². The van der Waals surface area contributed by atoms with Crippen LogP contribution in [0.4, 0.5) is 11.6 Å². The number of hydrogen-bond donors (Lipinski definition) is 5. The summed E-state index contributed by atoms with van der Waals surface area (Å²) in [5.74, 6) is -0.0992. The van der Waals surface area contributed by atoms with Crippen LogP contribution in [-0.4, -0.2) is 73.9 Å². The Morgan fingerprint density at radius 3 is 1.44 bits per heavy atom. The van der Waals surface area contributed by atoms with E-state index in [1.165, 1.54) is 60.9 Å². The first-order valence-electron chi connectivity index (χ1n) is 16.0. The largest absolute Gasteiger partial charge is 0.352 e. The van der Waals surface area contributed by atoms with Crippen molar-refractivity contribution in [2.75, 3.05) is 26.2 Å². The van der Waals surface area contributed by atoms with Gasteiger partial charge in [-0.25, -0.2) is 9.97 Å². The molecule has 0 bridgehead atoms. The van der Waals surface area contributed by atoms with Crippen LogP contribution < -0.4 is 16.0 Å². The Morgan fingerprint density at radius 1 is 0.577 bits per heavy atom. The van der Waals surface area contributed by atoms with Crippen LogP contribution in [0.25, 0.3) is 0 Å². The van der Waals surface area contributed by atoms with Gasteiger partial charge in [-0.05, 0) is 79.9 Å². The average Bonchev–Trinajstić information content (AvgIpc) is 3.12. The van der Waals surface area contributed by atoms with Crippen LogP contribution >= 0.6 is 0 Å². The molecule has 2 aromatic carbocycles. The molecule has 2 aromatic heterocycles. The maximum absolute atomic E-state index is 12.4.